The van der Waals surface area contributed by atoms with E-state index >= 15 is 0 Å². The second-order valence-electron chi connectivity index (χ2n) is 7.63. The van der Waals surface area contributed by atoms with E-state index in [1.165, 1.54) is 16.3 Å². The second kappa shape index (κ2) is 11.0. The third-order valence-electron chi connectivity index (χ3n) is 5.12. The van der Waals surface area contributed by atoms with Crippen molar-refractivity contribution in [3.8, 4) is 11.5 Å². The molecule has 3 aromatic carbocycles. The molecule has 0 aliphatic carbocycles. The maximum Gasteiger partial charge on any atom is 0.262 e. The van der Waals surface area contributed by atoms with Gasteiger partial charge in [-0.1, -0.05) is 42.1 Å². The average Bonchev–Trinajstić information content (AvgIpc) is 2.85. The number of thioether (sulfide) groups is 1. The fraction of sp³-hybridized carbons (Fsp3) is 0.192. The monoisotopic (exact) mass is 475 g/mol. The number of aliphatic hydroxyl groups excluding tert-OH is 1. The Kier molecular flexibility index (Phi) is 7.61. The number of carbonyl (C=O) groups is 1. The van der Waals surface area contributed by atoms with Gasteiger partial charge in [-0.15, -0.1) is 0 Å². The first kappa shape index (κ1) is 23.5. The topological polar surface area (TPSA) is 93.5 Å². The largest absolute Gasteiger partial charge is 0.457 e. The number of aromatic nitrogens is 2. The molecule has 4 rings (SSSR count). The number of benzene rings is 3. The van der Waals surface area contributed by atoms with Gasteiger partial charge < -0.3 is 15.2 Å². The molecule has 1 atom stereocenters. The van der Waals surface area contributed by atoms with Crippen LogP contribution in [0.3, 0.4) is 0 Å². The predicted octanol–water partition coefficient (Wildman–Crippen LogP) is 4.69. The van der Waals surface area contributed by atoms with Crippen LogP contribution >= 0.6 is 11.8 Å². The van der Waals surface area contributed by atoms with Gasteiger partial charge in [-0.25, -0.2) is 4.98 Å². The lowest BCUT2D eigenvalue weighted by Gasteiger charge is -2.16. The van der Waals surface area contributed by atoms with Crippen LogP contribution < -0.4 is 15.6 Å². The molecule has 4 aromatic rings. The molecule has 0 unspecified atom stereocenters. The van der Waals surface area contributed by atoms with Crippen molar-refractivity contribution in [2.75, 3.05) is 11.9 Å². The first-order chi connectivity index (χ1) is 16.5. The summed E-state index contributed by atoms with van der Waals surface area (Å²) in [6.45, 7) is 2.06. The fourth-order valence-corrected chi connectivity index (χ4v) is 4.28. The highest BCUT2D eigenvalue weighted by Gasteiger charge is 2.19. The van der Waals surface area contributed by atoms with Crippen LogP contribution in [0.4, 0.5) is 5.69 Å². The summed E-state index contributed by atoms with van der Waals surface area (Å²) in [5, 5.41) is 12.6. The highest BCUT2D eigenvalue weighted by Crippen LogP contribution is 2.26. The van der Waals surface area contributed by atoms with Crippen LogP contribution in [-0.2, 0) is 11.3 Å². The zero-order valence-corrected chi connectivity index (χ0v) is 19.5. The highest BCUT2D eigenvalue weighted by atomic mass is 32.2. The molecule has 2 N–H and O–H groups in total. The predicted molar refractivity (Wildman–Crippen MR) is 135 cm³/mol. The first-order valence-corrected chi connectivity index (χ1v) is 11.8. The van der Waals surface area contributed by atoms with E-state index in [0.717, 1.165) is 5.75 Å². The Bertz CT molecular complexity index is 1320. The average molecular weight is 476 g/mol. The van der Waals surface area contributed by atoms with E-state index in [0.29, 0.717) is 40.5 Å². The third kappa shape index (κ3) is 5.65. The van der Waals surface area contributed by atoms with Gasteiger partial charge in [0.2, 0.25) is 5.91 Å². The van der Waals surface area contributed by atoms with Crippen LogP contribution in [0, 0.1) is 0 Å². The Hall–Kier alpha value is -3.62. The Morgan fingerprint density at radius 3 is 2.44 bits per heavy atom. The molecule has 34 heavy (non-hydrogen) atoms. The summed E-state index contributed by atoms with van der Waals surface area (Å²) >= 11 is 1.22. The van der Waals surface area contributed by atoms with Crippen molar-refractivity contribution >= 4 is 34.3 Å². The van der Waals surface area contributed by atoms with Crippen molar-refractivity contribution in [3.05, 3.63) is 89.2 Å². The number of hydrogen-bond donors (Lipinski definition) is 2. The summed E-state index contributed by atoms with van der Waals surface area (Å²) in [6.07, 6.45) is 0.422. The molecule has 0 aliphatic heterocycles. The summed E-state index contributed by atoms with van der Waals surface area (Å²) in [5.74, 6) is 1.19. The molecule has 0 radical (unpaired) electrons. The van der Waals surface area contributed by atoms with E-state index in [1.807, 2.05) is 36.4 Å². The molecule has 0 saturated carbocycles. The Balaban J connectivity index is 1.46. The Labute approximate surface area is 201 Å². The molecule has 1 aromatic heterocycles. The van der Waals surface area contributed by atoms with Gasteiger partial charge in [0.05, 0.1) is 16.2 Å². The number of nitrogens with one attached hydrogen (secondary N) is 1. The van der Waals surface area contributed by atoms with Crippen molar-refractivity contribution in [3.63, 3.8) is 0 Å². The summed E-state index contributed by atoms with van der Waals surface area (Å²) in [4.78, 5) is 30.4. The maximum absolute atomic E-state index is 13.0. The molecular weight excluding hydrogens is 450 g/mol. The number of carbonyl (C=O) groups excluding carboxylic acids is 1. The van der Waals surface area contributed by atoms with Crippen LogP contribution in [0.5, 0.6) is 11.5 Å². The van der Waals surface area contributed by atoms with Crippen LogP contribution in [0.15, 0.2) is 88.8 Å². The van der Waals surface area contributed by atoms with E-state index < -0.39 is 5.25 Å². The lowest BCUT2D eigenvalue weighted by Crippen LogP contribution is -2.27. The van der Waals surface area contributed by atoms with Crippen molar-refractivity contribution in [1.82, 2.24) is 9.55 Å². The summed E-state index contributed by atoms with van der Waals surface area (Å²) < 4.78 is 7.31. The minimum Gasteiger partial charge on any atom is -0.457 e. The quantitative estimate of drug-likeness (QED) is 0.269. The van der Waals surface area contributed by atoms with Gasteiger partial charge >= 0.3 is 0 Å². The van der Waals surface area contributed by atoms with Gasteiger partial charge in [-0.3, -0.25) is 14.2 Å². The maximum atomic E-state index is 13.0. The molecule has 8 heteroatoms. The van der Waals surface area contributed by atoms with Crippen LogP contribution in [0.25, 0.3) is 10.9 Å². The Morgan fingerprint density at radius 1 is 1.03 bits per heavy atom. The van der Waals surface area contributed by atoms with E-state index in [1.54, 1.807) is 49.4 Å². The number of hydrogen-bond acceptors (Lipinski definition) is 6. The smallest absolute Gasteiger partial charge is 0.262 e. The molecule has 0 bridgehead atoms. The number of aliphatic hydroxyl groups is 1. The lowest BCUT2D eigenvalue weighted by molar-refractivity contribution is -0.115. The highest BCUT2D eigenvalue weighted by molar-refractivity contribution is 8.00. The molecule has 174 valence electrons. The number of nitrogens with zero attached hydrogens (tertiary/aromatic N) is 2. The summed E-state index contributed by atoms with van der Waals surface area (Å²) in [5.41, 5.74) is 1.04. The second-order valence-corrected chi connectivity index (χ2v) is 8.94. The number of ether oxygens (including phenoxy) is 1. The number of para-hydroxylation sites is 2. The summed E-state index contributed by atoms with van der Waals surface area (Å²) in [7, 11) is 0. The minimum atomic E-state index is -0.506. The zero-order chi connectivity index (χ0) is 23.9. The molecule has 0 saturated heterocycles. The molecular formula is C26H25N3O4S. The standard InChI is InChI=1S/C26H25N3O4S/c1-18(24(31)27-19-12-14-21(15-13-19)33-20-8-3-2-4-9-20)34-26-28-23-11-6-5-10-22(23)25(32)29(26)16-7-17-30/h2-6,8-15,18,30H,7,16-17H2,1H3,(H,27,31)/t18-/m0/s1. The first-order valence-electron chi connectivity index (χ1n) is 11.0. The number of fused-ring (bicyclic) bond motifs is 1. The molecule has 0 aliphatic rings. The van der Waals surface area contributed by atoms with E-state index in [2.05, 4.69) is 10.3 Å². The molecule has 0 fully saturated rings. The molecule has 0 spiro atoms. The van der Waals surface area contributed by atoms with Crippen LogP contribution in [0.1, 0.15) is 13.3 Å². The number of rotatable bonds is 9. The van der Waals surface area contributed by atoms with Crippen molar-refractivity contribution in [2.45, 2.75) is 30.3 Å². The normalized spacial score (nSPS) is 11.8. The van der Waals surface area contributed by atoms with Gasteiger partial charge in [0.15, 0.2) is 5.16 Å². The van der Waals surface area contributed by atoms with E-state index in [4.69, 9.17) is 4.74 Å². The lowest BCUT2D eigenvalue weighted by atomic mass is 10.2. The molecule has 7 nitrogen and oxygen atoms in total. The summed E-state index contributed by atoms with van der Waals surface area (Å²) in [6, 6.07) is 23.7. The van der Waals surface area contributed by atoms with E-state index in [-0.39, 0.29) is 18.1 Å². The van der Waals surface area contributed by atoms with Gasteiger partial charge in [0.1, 0.15) is 11.5 Å². The molecule has 1 heterocycles. The number of amides is 1. The third-order valence-corrected chi connectivity index (χ3v) is 6.21. The number of anilines is 1. The van der Waals surface area contributed by atoms with Crippen molar-refractivity contribution < 1.29 is 14.6 Å². The van der Waals surface area contributed by atoms with Gasteiger partial charge in [0.25, 0.3) is 5.56 Å². The van der Waals surface area contributed by atoms with Crippen molar-refractivity contribution in [1.29, 1.82) is 0 Å². The van der Waals surface area contributed by atoms with Gasteiger partial charge in [-0.05, 0) is 61.9 Å². The van der Waals surface area contributed by atoms with Gasteiger partial charge in [-0.2, -0.15) is 0 Å². The van der Waals surface area contributed by atoms with Crippen LogP contribution in [-0.4, -0.2) is 32.4 Å². The minimum absolute atomic E-state index is 0.0383. The van der Waals surface area contributed by atoms with Crippen LogP contribution in [0.2, 0.25) is 0 Å². The van der Waals surface area contributed by atoms with Gasteiger partial charge in [0, 0.05) is 18.8 Å². The zero-order valence-electron chi connectivity index (χ0n) is 18.7. The van der Waals surface area contributed by atoms with E-state index in [9.17, 15) is 14.7 Å². The van der Waals surface area contributed by atoms with Crippen molar-refractivity contribution in [2.24, 2.45) is 0 Å². The fourth-order valence-electron chi connectivity index (χ4n) is 3.35. The Morgan fingerprint density at radius 2 is 1.71 bits per heavy atom. The SMILES string of the molecule is C[C@H](Sc1nc2ccccc2c(=O)n1CCCO)C(=O)Nc1ccc(Oc2ccccc2)cc1. The molecule has 1 amide bonds.